The fourth-order valence-electron chi connectivity index (χ4n) is 4.72. The van der Waals surface area contributed by atoms with E-state index in [1.54, 1.807) is 31.4 Å². The molecule has 2 amide bonds. The molecule has 0 bridgehead atoms. The quantitative estimate of drug-likeness (QED) is 0.425. The lowest BCUT2D eigenvalue weighted by Crippen LogP contribution is -2.54. The smallest absolute Gasteiger partial charge is 0.304 e. The van der Waals surface area contributed by atoms with Crippen LogP contribution in [0.4, 0.5) is 10.1 Å². The van der Waals surface area contributed by atoms with Gasteiger partial charge in [0.25, 0.3) is 0 Å². The highest BCUT2D eigenvalue weighted by molar-refractivity contribution is 7.90. The van der Waals surface area contributed by atoms with E-state index in [1.807, 2.05) is 6.92 Å². The van der Waals surface area contributed by atoms with E-state index >= 15 is 0 Å². The molecule has 1 aliphatic rings. The molecule has 0 aliphatic heterocycles. The molecule has 214 valence electrons. The standard InChI is InChI=1S/C28H39FN4O5S/c1-5-26(28(35)30-23-9-7-6-8-10-23)32(19-21-11-17-25(38-4)18-12-21)27(34)20-33(39(36,37)31(2)3)24-15-13-22(29)14-16-24/h11-18,23,26H,5-10,19-20H2,1-4H3,(H,30,35). The van der Waals surface area contributed by atoms with Crippen LogP contribution in [-0.2, 0) is 26.3 Å². The molecule has 1 fully saturated rings. The average molecular weight is 563 g/mol. The van der Waals surface area contributed by atoms with Gasteiger partial charge in [0.2, 0.25) is 11.8 Å². The lowest BCUT2D eigenvalue weighted by molar-refractivity contribution is -0.140. The minimum Gasteiger partial charge on any atom is -0.497 e. The van der Waals surface area contributed by atoms with Gasteiger partial charge in [0, 0.05) is 26.7 Å². The van der Waals surface area contributed by atoms with Crippen LogP contribution in [0.2, 0.25) is 0 Å². The third-order valence-electron chi connectivity index (χ3n) is 6.98. The Balaban J connectivity index is 1.95. The number of hydrogen-bond acceptors (Lipinski definition) is 5. The molecular formula is C28H39FN4O5S. The van der Waals surface area contributed by atoms with Gasteiger partial charge in [-0.05, 0) is 61.2 Å². The first-order valence-electron chi connectivity index (χ1n) is 13.2. The number of carbonyl (C=O) groups is 2. The Morgan fingerprint density at radius 1 is 1.03 bits per heavy atom. The molecule has 2 aromatic carbocycles. The van der Waals surface area contributed by atoms with Gasteiger partial charge in [-0.25, -0.2) is 8.70 Å². The molecule has 0 aromatic heterocycles. The molecule has 2 aromatic rings. The Morgan fingerprint density at radius 2 is 1.64 bits per heavy atom. The summed E-state index contributed by atoms with van der Waals surface area (Å²) in [4.78, 5) is 28.8. The molecule has 0 spiro atoms. The second-order valence-electron chi connectivity index (χ2n) is 9.91. The van der Waals surface area contributed by atoms with E-state index in [9.17, 15) is 22.4 Å². The average Bonchev–Trinajstić information content (AvgIpc) is 2.92. The molecule has 1 atom stereocenters. The summed E-state index contributed by atoms with van der Waals surface area (Å²) in [5.74, 6) is -0.682. The summed E-state index contributed by atoms with van der Waals surface area (Å²) in [6.07, 6.45) is 5.38. The van der Waals surface area contributed by atoms with Crippen molar-refractivity contribution in [1.82, 2.24) is 14.5 Å². The number of rotatable bonds is 12. The van der Waals surface area contributed by atoms with E-state index in [0.29, 0.717) is 12.2 Å². The molecular weight excluding hydrogens is 523 g/mol. The molecule has 9 nitrogen and oxygen atoms in total. The zero-order valence-electron chi connectivity index (χ0n) is 23.1. The molecule has 1 saturated carbocycles. The summed E-state index contributed by atoms with van der Waals surface area (Å²) < 4.78 is 47.2. The molecule has 11 heteroatoms. The van der Waals surface area contributed by atoms with Gasteiger partial charge >= 0.3 is 10.2 Å². The van der Waals surface area contributed by atoms with Crippen LogP contribution in [0.15, 0.2) is 48.5 Å². The van der Waals surface area contributed by atoms with E-state index in [2.05, 4.69) is 5.32 Å². The van der Waals surface area contributed by atoms with Crippen LogP contribution in [0.5, 0.6) is 5.75 Å². The van der Waals surface area contributed by atoms with E-state index in [1.165, 1.54) is 31.1 Å². The van der Waals surface area contributed by atoms with Gasteiger partial charge in [-0.3, -0.25) is 9.59 Å². The Morgan fingerprint density at radius 3 is 2.18 bits per heavy atom. The lowest BCUT2D eigenvalue weighted by atomic mass is 9.95. The maximum Gasteiger partial charge on any atom is 0.304 e. The Bertz CT molecular complexity index is 1200. The van der Waals surface area contributed by atoms with Gasteiger partial charge in [-0.15, -0.1) is 0 Å². The molecule has 39 heavy (non-hydrogen) atoms. The zero-order chi connectivity index (χ0) is 28.6. The number of benzene rings is 2. The van der Waals surface area contributed by atoms with Crippen molar-refractivity contribution >= 4 is 27.7 Å². The van der Waals surface area contributed by atoms with E-state index < -0.39 is 34.5 Å². The highest BCUT2D eigenvalue weighted by Crippen LogP contribution is 2.23. The predicted molar refractivity (Wildman–Crippen MR) is 149 cm³/mol. The van der Waals surface area contributed by atoms with E-state index in [-0.39, 0.29) is 24.2 Å². The fourth-order valence-corrected chi connectivity index (χ4v) is 5.77. The molecule has 0 saturated heterocycles. The van der Waals surface area contributed by atoms with Crippen molar-refractivity contribution in [3.63, 3.8) is 0 Å². The summed E-state index contributed by atoms with van der Waals surface area (Å²) >= 11 is 0. The van der Waals surface area contributed by atoms with Crippen molar-refractivity contribution < 1.29 is 27.1 Å². The Hall–Kier alpha value is -3.18. The van der Waals surface area contributed by atoms with Crippen LogP contribution in [0.3, 0.4) is 0 Å². The molecule has 0 heterocycles. The number of ether oxygens (including phenoxy) is 1. The van der Waals surface area contributed by atoms with Crippen molar-refractivity contribution in [1.29, 1.82) is 0 Å². The summed E-state index contributed by atoms with van der Waals surface area (Å²) in [5.41, 5.74) is 0.902. The Labute approximate surface area is 231 Å². The summed E-state index contributed by atoms with van der Waals surface area (Å²) in [7, 11) is 0.165. The maximum atomic E-state index is 13.9. The number of carbonyl (C=O) groups excluding carboxylic acids is 2. The molecule has 1 N–H and O–H groups in total. The van der Waals surface area contributed by atoms with Gasteiger partial charge in [0.05, 0.1) is 12.8 Å². The van der Waals surface area contributed by atoms with Crippen molar-refractivity contribution in [2.75, 3.05) is 32.1 Å². The first kappa shape index (κ1) is 30.4. The van der Waals surface area contributed by atoms with Crippen molar-refractivity contribution in [2.45, 2.75) is 64.1 Å². The number of nitrogens with zero attached hydrogens (tertiary/aromatic N) is 3. The van der Waals surface area contributed by atoms with Gasteiger partial charge in [0.15, 0.2) is 0 Å². The van der Waals surface area contributed by atoms with Crippen molar-refractivity contribution in [2.24, 2.45) is 0 Å². The zero-order valence-corrected chi connectivity index (χ0v) is 23.9. The Kier molecular flexibility index (Phi) is 10.7. The SMILES string of the molecule is CCC(C(=O)NC1CCCCC1)N(Cc1ccc(OC)cc1)C(=O)CN(c1ccc(F)cc1)S(=O)(=O)N(C)C. The van der Waals surface area contributed by atoms with E-state index in [4.69, 9.17) is 4.74 Å². The summed E-state index contributed by atoms with van der Waals surface area (Å²) in [5, 5.41) is 3.11. The highest BCUT2D eigenvalue weighted by Gasteiger charge is 2.34. The van der Waals surface area contributed by atoms with Crippen LogP contribution < -0.4 is 14.4 Å². The minimum atomic E-state index is -4.11. The maximum absolute atomic E-state index is 13.9. The lowest BCUT2D eigenvalue weighted by Gasteiger charge is -2.35. The first-order valence-corrected chi connectivity index (χ1v) is 14.6. The molecule has 1 aliphatic carbocycles. The number of nitrogens with one attached hydrogen (secondary N) is 1. The second kappa shape index (κ2) is 13.7. The van der Waals surface area contributed by atoms with Gasteiger partial charge in [-0.2, -0.15) is 12.7 Å². The summed E-state index contributed by atoms with van der Waals surface area (Å²) in [6.45, 7) is 1.36. The van der Waals surface area contributed by atoms with Crippen molar-refractivity contribution in [3.05, 3.63) is 59.9 Å². The summed E-state index contributed by atoms with van der Waals surface area (Å²) in [6, 6.07) is 11.3. The predicted octanol–water partition coefficient (Wildman–Crippen LogP) is 3.70. The number of hydrogen-bond donors (Lipinski definition) is 1. The van der Waals surface area contributed by atoms with Crippen LogP contribution in [-0.4, -0.2) is 69.3 Å². The van der Waals surface area contributed by atoms with E-state index in [0.717, 1.165) is 58.4 Å². The van der Waals surface area contributed by atoms with Gasteiger partial charge in [-0.1, -0.05) is 38.3 Å². The number of amides is 2. The third kappa shape index (κ3) is 7.92. The molecule has 3 rings (SSSR count). The van der Waals surface area contributed by atoms with Gasteiger partial charge < -0.3 is 15.0 Å². The minimum absolute atomic E-state index is 0.0584. The van der Waals surface area contributed by atoms with Gasteiger partial charge in [0.1, 0.15) is 24.2 Å². The number of methoxy groups -OCH3 is 1. The normalized spacial score (nSPS) is 15.0. The van der Waals surface area contributed by atoms with Crippen LogP contribution in [0, 0.1) is 5.82 Å². The van der Waals surface area contributed by atoms with Crippen molar-refractivity contribution in [3.8, 4) is 5.75 Å². The van der Waals surface area contributed by atoms with Crippen LogP contribution >= 0.6 is 0 Å². The molecule has 0 radical (unpaired) electrons. The topological polar surface area (TPSA) is 99.3 Å². The van der Waals surface area contributed by atoms with Crippen LogP contribution in [0.25, 0.3) is 0 Å². The molecule has 1 unspecified atom stereocenters. The monoisotopic (exact) mass is 562 g/mol. The third-order valence-corrected chi connectivity index (χ3v) is 8.80. The number of anilines is 1. The largest absolute Gasteiger partial charge is 0.497 e. The fraction of sp³-hybridized carbons (Fsp3) is 0.500. The highest BCUT2D eigenvalue weighted by atomic mass is 32.2. The number of halogens is 1. The first-order chi connectivity index (χ1) is 18.6. The second-order valence-corrected chi connectivity index (χ2v) is 12.0. The van der Waals surface area contributed by atoms with Crippen LogP contribution in [0.1, 0.15) is 51.0 Å².